The average Bonchev–Trinajstić information content (AvgIpc) is 2.25. The van der Waals surface area contributed by atoms with Gasteiger partial charge in [-0.05, 0) is 44.5 Å². The molecule has 1 aromatic rings. The van der Waals surface area contributed by atoms with Gasteiger partial charge in [-0.3, -0.25) is 0 Å². The second kappa shape index (κ2) is 6.17. The highest BCUT2D eigenvalue weighted by atomic mass is 32.2. The number of ether oxygens (including phenoxy) is 1. The van der Waals surface area contributed by atoms with Crippen molar-refractivity contribution < 1.29 is 13.2 Å². The van der Waals surface area contributed by atoms with Crippen molar-refractivity contribution in [2.24, 2.45) is 0 Å². The fourth-order valence-corrected chi connectivity index (χ4v) is 3.09. The zero-order valence-electron chi connectivity index (χ0n) is 10.9. The van der Waals surface area contributed by atoms with Gasteiger partial charge in [0.25, 0.3) is 0 Å². The van der Waals surface area contributed by atoms with Gasteiger partial charge in [-0.25, -0.2) is 13.1 Å². The van der Waals surface area contributed by atoms with Gasteiger partial charge in [0.2, 0.25) is 10.0 Å². The lowest BCUT2D eigenvalue weighted by Crippen LogP contribution is -2.36. The second-order valence-electron chi connectivity index (χ2n) is 4.21. The van der Waals surface area contributed by atoms with Crippen molar-refractivity contribution in [3.8, 4) is 0 Å². The van der Waals surface area contributed by atoms with Gasteiger partial charge in [-0.1, -0.05) is 0 Å². The lowest BCUT2D eigenvalue weighted by atomic mass is 10.2. The van der Waals surface area contributed by atoms with Gasteiger partial charge in [0.1, 0.15) is 0 Å². The van der Waals surface area contributed by atoms with Crippen LogP contribution in [-0.4, -0.2) is 27.7 Å². The summed E-state index contributed by atoms with van der Waals surface area (Å²) in [6.45, 7) is 6.26. The van der Waals surface area contributed by atoms with Crippen LogP contribution in [0.5, 0.6) is 0 Å². The van der Waals surface area contributed by atoms with Crippen molar-refractivity contribution in [3.63, 3.8) is 0 Å². The monoisotopic (exact) mass is 272 g/mol. The number of anilines is 1. The maximum Gasteiger partial charge on any atom is 0.241 e. The predicted octanol–water partition coefficient (Wildman–Crippen LogP) is 1.28. The normalized spacial score (nSPS) is 13.5. The number of rotatable bonds is 6. The smallest absolute Gasteiger partial charge is 0.241 e. The molecule has 102 valence electrons. The SMILES string of the molecule is CCOCC(C)NS(=O)(=O)c1ccc(N)cc1C. The number of hydrogen-bond acceptors (Lipinski definition) is 4. The summed E-state index contributed by atoms with van der Waals surface area (Å²) in [7, 11) is -3.52. The standard InChI is InChI=1S/C12H20N2O3S/c1-4-17-8-10(3)14-18(15,16)12-6-5-11(13)7-9(12)2/h5-7,10,14H,4,8,13H2,1-3H3. The van der Waals surface area contributed by atoms with E-state index in [0.29, 0.717) is 24.5 Å². The molecule has 1 unspecified atom stereocenters. The van der Waals surface area contributed by atoms with Crippen LogP contribution >= 0.6 is 0 Å². The van der Waals surface area contributed by atoms with Crippen molar-refractivity contribution in [2.75, 3.05) is 18.9 Å². The van der Waals surface area contributed by atoms with Crippen LogP contribution in [0.25, 0.3) is 0 Å². The third-order valence-corrected chi connectivity index (χ3v) is 4.17. The zero-order valence-corrected chi connectivity index (χ0v) is 11.8. The van der Waals surface area contributed by atoms with E-state index in [0.717, 1.165) is 0 Å². The number of aryl methyl sites for hydroxylation is 1. The first kappa shape index (κ1) is 14.9. The predicted molar refractivity (Wildman–Crippen MR) is 71.9 cm³/mol. The Labute approximate surface area is 108 Å². The Balaban J connectivity index is 2.86. The van der Waals surface area contributed by atoms with Gasteiger partial charge in [0.05, 0.1) is 11.5 Å². The van der Waals surface area contributed by atoms with Gasteiger partial charge >= 0.3 is 0 Å². The van der Waals surface area contributed by atoms with Gasteiger partial charge in [-0.15, -0.1) is 0 Å². The minimum atomic E-state index is -3.52. The fraction of sp³-hybridized carbons (Fsp3) is 0.500. The first-order chi connectivity index (χ1) is 8.36. The van der Waals surface area contributed by atoms with Crippen LogP contribution in [-0.2, 0) is 14.8 Å². The molecule has 3 N–H and O–H groups in total. The van der Waals surface area contributed by atoms with Crippen LogP contribution in [0.1, 0.15) is 19.4 Å². The van der Waals surface area contributed by atoms with Crippen LogP contribution in [0, 0.1) is 6.92 Å². The molecule has 0 saturated carbocycles. The van der Waals surface area contributed by atoms with E-state index < -0.39 is 10.0 Å². The third kappa shape index (κ3) is 3.97. The summed E-state index contributed by atoms with van der Waals surface area (Å²) >= 11 is 0. The van der Waals surface area contributed by atoms with Crippen LogP contribution in [0.15, 0.2) is 23.1 Å². The molecule has 0 radical (unpaired) electrons. The lowest BCUT2D eigenvalue weighted by molar-refractivity contribution is 0.133. The number of sulfonamides is 1. The zero-order chi connectivity index (χ0) is 13.8. The molecule has 6 heteroatoms. The number of nitrogens with two attached hydrogens (primary N) is 1. The Hall–Kier alpha value is -1.11. The molecule has 0 bridgehead atoms. The van der Waals surface area contributed by atoms with E-state index in [-0.39, 0.29) is 10.9 Å². The summed E-state index contributed by atoms with van der Waals surface area (Å²) < 4.78 is 32.0. The van der Waals surface area contributed by atoms with Crippen LogP contribution < -0.4 is 10.5 Å². The van der Waals surface area contributed by atoms with Crippen molar-refractivity contribution in [3.05, 3.63) is 23.8 Å². The quantitative estimate of drug-likeness (QED) is 0.764. The largest absolute Gasteiger partial charge is 0.399 e. The highest BCUT2D eigenvalue weighted by molar-refractivity contribution is 7.89. The van der Waals surface area contributed by atoms with Crippen molar-refractivity contribution in [1.82, 2.24) is 4.72 Å². The van der Waals surface area contributed by atoms with E-state index in [4.69, 9.17) is 10.5 Å². The van der Waals surface area contributed by atoms with Crippen LogP contribution in [0.3, 0.4) is 0 Å². The molecule has 0 fully saturated rings. The number of benzene rings is 1. The van der Waals surface area contributed by atoms with Crippen molar-refractivity contribution >= 4 is 15.7 Å². The minimum Gasteiger partial charge on any atom is -0.399 e. The fourth-order valence-electron chi connectivity index (χ4n) is 1.63. The van der Waals surface area contributed by atoms with E-state index in [1.165, 1.54) is 6.07 Å². The Morgan fingerprint density at radius 3 is 2.67 bits per heavy atom. The first-order valence-electron chi connectivity index (χ1n) is 5.83. The van der Waals surface area contributed by atoms with Crippen LogP contribution in [0.4, 0.5) is 5.69 Å². The molecule has 1 rings (SSSR count). The topological polar surface area (TPSA) is 81.4 Å². The van der Waals surface area contributed by atoms with Gasteiger partial charge < -0.3 is 10.5 Å². The second-order valence-corrected chi connectivity index (χ2v) is 5.89. The van der Waals surface area contributed by atoms with E-state index in [2.05, 4.69) is 4.72 Å². The Bertz CT molecular complexity index is 500. The summed E-state index contributed by atoms with van der Waals surface area (Å²) in [5.41, 5.74) is 6.78. The van der Waals surface area contributed by atoms with Crippen molar-refractivity contribution in [2.45, 2.75) is 31.7 Å². The Morgan fingerprint density at radius 1 is 1.44 bits per heavy atom. The van der Waals surface area contributed by atoms with E-state index >= 15 is 0 Å². The highest BCUT2D eigenvalue weighted by Crippen LogP contribution is 2.17. The molecule has 0 aromatic heterocycles. The number of nitrogen functional groups attached to an aromatic ring is 1. The van der Waals surface area contributed by atoms with Gasteiger partial charge in [-0.2, -0.15) is 0 Å². The summed E-state index contributed by atoms with van der Waals surface area (Å²) in [6.07, 6.45) is 0. The number of hydrogen-bond donors (Lipinski definition) is 2. The maximum atomic E-state index is 12.1. The summed E-state index contributed by atoms with van der Waals surface area (Å²) in [4.78, 5) is 0.250. The van der Waals surface area contributed by atoms with E-state index in [9.17, 15) is 8.42 Å². The molecule has 0 aliphatic heterocycles. The summed E-state index contributed by atoms with van der Waals surface area (Å²) in [5.74, 6) is 0. The molecule has 0 aliphatic carbocycles. The highest BCUT2D eigenvalue weighted by Gasteiger charge is 2.19. The Kier molecular flexibility index (Phi) is 5.13. The summed E-state index contributed by atoms with van der Waals surface area (Å²) in [6, 6.07) is 4.46. The third-order valence-electron chi connectivity index (χ3n) is 2.42. The molecule has 0 amide bonds. The molecule has 0 spiro atoms. The van der Waals surface area contributed by atoms with E-state index in [1.54, 1.807) is 26.0 Å². The molecule has 18 heavy (non-hydrogen) atoms. The lowest BCUT2D eigenvalue weighted by Gasteiger charge is -2.15. The summed E-state index contributed by atoms with van der Waals surface area (Å²) in [5, 5.41) is 0. The molecular weight excluding hydrogens is 252 g/mol. The molecule has 0 saturated heterocycles. The molecular formula is C12H20N2O3S. The van der Waals surface area contributed by atoms with Crippen LogP contribution in [0.2, 0.25) is 0 Å². The minimum absolute atomic E-state index is 0.250. The molecule has 1 aromatic carbocycles. The maximum absolute atomic E-state index is 12.1. The Morgan fingerprint density at radius 2 is 2.11 bits per heavy atom. The molecule has 1 atom stereocenters. The van der Waals surface area contributed by atoms with Crippen molar-refractivity contribution in [1.29, 1.82) is 0 Å². The average molecular weight is 272 g/mol. The number of nitrogens with one attached hydrogen (secondary N) is 1. The van der Waals surface area contributed by atoms with E-state index in [1.807, 2.05) is 6.92 Å². The molecule has 0 heterocycles. The molecule has 5 nitrogen and oxygen atoms in total. The first-order valence-corrected chi connectivity index (χ1v) is 7.31. The molecule has 0 aliphatic rings. The van der Waals surface area contributed by atoms with Gasteiger partial charge in [0, 0.05) is 18.3 Å². The van der Waals surface area contributed by atoms with Gasteiger partial charge in [0.15, 0.2) is 0 Å².